The number of hydrogen-bond acceptors (Lipinski definition) is 12. The fourth-order valence-electron chi connectivity index (χ4n) is 4.26. The zero-order valence-corrected chi connectivity index (χ0v) is 31.0. The molecule has 2 atom stereocenters. The highest BCUT2D eigenvalue weighted by molar-refractivity contribution is 6.00. The van der Waals surface area contributed by atoms with Crippen LogP contribution in [0.15, 0.2) is 24.3 Å². The Labute approximate surface area is 301 Å². The van der Waals surface area contributed by atoms with Crippen molar-refractivity contribution in [2.75, 3.05) is 58.0 Å². The number of alkyl carbamates (subject to hydrolysis) is 1. The normalized spacial score (nSPS) is 12.7. The molecule has 0 aliphatic rings. The van der Waals surface area contributed by atoms with Crippen molar-refractivity contribution < 1.29 is 52.8 Å². The summed E-state index contributed by atoms with van der Waals surface area (Å²) in [6.07, 6.45) is -0.0497. The SMILES string of the molecule is CC(C)(C)OC(=O)C[C@H](NC(=O)[C@H](CCCCNC(=O)OC(C)(C)C)NC(=O)CCOCCOCCOCCN)C(=O)Nc1ccc(CO)cc1. The van der Waals surface area contributed by atoms with Crippen LogP contribution in [0.1, 0.15) is 79.2 Å². The van der Waals surface area contributed by atoms with E-state index < -0.39 is 59.5 Å². The first-order valence-corrected chi connectivity index (χ1v) is 17.3. The van der Waals surface area contributed by atoms with Crippen LogP contribution in [0.2, 0.25) is 0 Å². The Bertz CT molecular complexity index is 1200. The molecule has 1 aromatic carbocycles. The number of ether oxygens (including phenoxy) is 5. The van der Waals surface area contributed by atoms with Crippen LogP contribution in [-0.4, -0.2) is 111 Å². The molecule has 290 valence electrons. The van der Waals surface area contributed by atoms with E-state index in [0.29, 0.717) is 57.1 Å². The topological polar surface area (TPSA) is 226 Å². The van der Waals surface area contributed by atoms with Crippen LogP contribution in [0.3, 0.4) is 0 Å². The minimum absolute atomic E-state index is 0.0464. The minimum Gasteiger partial charge on any atom is -0.460 e. The van der Waals surface area contributed by atoms with E-state index in [1.807, 2.05) is 0 Å². The number of amides is 4. The predicted octanol–water partition coefficient (Wildman–Crippen LogP) is 1.91. The summed E-state index contributed by atoms with van der Waals surface area (Å²) in [5.41, 5.74) is 4.89. The van der Waals surface area contributed by atoms with Crippen LogP contribution >= 0.6 is 0 Å². The quantitative estimate of drug-likeness (QED) is 0.0664. The van der Waals surface area contributed by atoms with Gasteiger partial charge in [-0.05, 0) is 78.5 Å². The van der Waals surface area contributed by atoms with Crippen molar-refractivity contribution in [2.45, 2.75) is 104 Å². The highest BCUT2D eigenvalue weighted by atomic mass is 16.6. The Morgan fingerprint density at radius 2 is 1.33 bits per heavy atom. The van der Waals surface area contributed by atoms with Gasteiger partial charge >= 0.3 is 12.1 Å². The van der Waals surface area contributed by atoms with E-state index in [2.05, 4.69) is 21.3 Å². The number of unbranched alkanes of at least 4 members (excludes halogenated alkanes) is 1. The summed E-state index contributed by atoms with van der Waals surface area (Å²) in [6.45, 7) is 12.7. The summed E-state index contributed by atoms with van der Waals surface area (Å²) < 4.78 is 26.7. The van der Waals surface area contributed by atoms with Gasteiger partial charge in [-0.25, -0.2) is 4.79 Å². The fourth-order valence-corrected chi connectivity index (χ4v) is 4.26. The number of aliphatic hydroxyl groups is 1. The highest BCUT2D eigenvalue weighted by Crippen LogP contribution is 2.14. The maximum Gasteiger partial charge on any atom is 0.407 e. The number of aliphatic hydroxyl groups excluding tert-OH is 1. The van der Waals surface area contributed by atoms with Crippen molar-refractivity contribution in [2.24, 2.45) is 5.73 Å². The number of anilines is 1. The maximum atomic E-state index is 13.6. The predicted molar refractivity (Wildman–Crippen MR) is 190 cm³/mol. The fraction of sp³-hybridized carbons (Fsp3) is 0.686. The van der Waals surface area contributed by atoms with Crippen molar-refractivity contribution in [3.63, 3.8) is 0 Å². The monoisotopic (exact) mass is 725 g/mol. The largest absolute Gasteiger partial charge is 0.460 e. The van der Waals surface area contributed by atoms with E-state index in [-0.39, 0.29) is 39.2 Å². The number of benzene rings is 1. The molecule has 51 heavy (non-hydrogen) atoms. The molecule has 0 spiro atoms. The van der Waals surface area contributed by atoms with Gasteiger partial charge in [-0.1, -0.05) is 12.1 Å². The van der Waals surface area contributed by atoms with Gasteiger partial charge in [-0.2, -0.15) is 0 Å². The maximum absolute atomic E-state index is 13.6. The molecule has 0 radical (unpaired) electrons. The lowest BCUT2D eigenvalue weighted by Crippen LogP contribution is -2.53. The molecule has 0 aliphatic carbocycles. The van der Waals surface area contributed by atoms with Gasteiger partial charge in [-0.15, -0.1) is 0 Å². The molecule has 16 nitrogen and oxygen atoms in total. The number of nitrogens with one attached hydrogen (secondary N) is 4. The molecular weight excluding hydrogens is 666 g/mol. The first kappa shape index (κ1) is 45.2. The third-order valence-corrected chi connectivity index (χ3v) is 6.55. The second kappa shape index (κ2) is 24.4. The van der Waals surface area contributed by atoms with Crippen molar-refractivity contribution in [1.82, 2.24) is 16.0 Å². The van der Waals surface area contributed by atoms with Crippen LogP contribution < -0.4 is 27.0 Å². The van der Waals surface area contributed by atoms with Crippen LogP contribution in [0.5, 0.6) is 0 Å². The molecule has 0 saturated heterocycles. The van der Waals surface area contributed by atoms with Gasteiger partial charge in [-0.3, -0.25) is 19.2 Å². The Morgan fingerprint density at radius 3 is 1.90 bits per heavy atom. The molecule has 0 bridgehead atoms. The van der Waals surface area contributed by atoms with Crippen LogP contribution in [0, 0.1) is 0 Å². The summed E-state index contributed by atoms with van der Waals surface area (Å²) in [5, 5.41) is 20.0. The number of carbonyl (C=O) groups is 5. The summed E-state index contributed by atoms with van der Waals surface area (Å²) in [5.74, 6) is -2.54. The summed E-state index contributed by atoms with van der Waals surface area (Å²) in [7, 11) is 0. The first-order chi connectivity index (χ1) is 24.0. The lowest BCUT2D eigenvalue weighted by Gasteiger charge is -2.25. The molecule has 4 amide bonds. The van der Waals surface area contributed by atoms with E-state index in [9.17, 15) is 29.1 Å². The molecule has 0 saturated carbocycles. The smallest absolute Gasteiger partial charge is 0.407 e. The van der Waals surface area contributed by atoms with Crippen molar-refractivity contribution in [1.29, 1.82) is 0 Å². The van der Waals surface area contributed by atoms with Crippen LogP contribution in [0.4, 0.5) is 10.5 Å². The lowest BCUT2D eigenvalue weighted by molar-refractivity contribution is -0.156. The van der Waals surface area contributed by atoms with Gasteiger partial charge in [0.05, 0.1) is 52.7 Å². The third-order valence-electron chi connectivity index (χ3n) is 6.55. The summed E-state index contributed by atoms with van der Waals surface area (Å²) in [4.78, 5) is 64.6. The average molecular weight is 726 g/mol. The number of nitrogens with two attached hydrogens (primary N) is 1. The van der Waals surface area contributed by atoms with E-state index in [1.54, 1.807) is 65.8 Å². The van der Waals surface area contributed by atoms with E-state index in [1.165, 1.54) is 0 Å². The average Bonchev–Trinajstić information content (AvgIpc) is 3.03. The molecule has 0 aliphatic heterocycles. The molecule has 16 heteroatoms. The highest BCUT2D eigenvalue weighted by Gasteiger charge is 2.30. The Hall–Kier alpha value is -3.83. The molecule has 0 fully saturated rings. The van der Waals surface area contributed by atoms with Gasteiger partial charge < -0.3 is 55.8 Å². The van der Waals surface area contributed by atoms with Gasteiger partial charge in [0.1, 0.15) is 23.3 Å². The molecular formula is C35H59N5O11. The number of esters is 1. The van der Waals surface area contributed by atoms with Gasteiger partial charge in [0.15, 0.2) is 0 Å². The first-order valence-electron chi connectivity index (χ1n) is 17.3. The van der Waals surface area contributed by atoms with Crippen molar-refractivity contribution in [3.05, 3.63) is 29.8 Å². The van der Waals surface area contributed by atoms with E-state index in [4.69, 9.17) is 29.4 Å². The molecule has 0 heterocycles. The molecule has 0 aromatic heterocycles. The lowest BCUT2D eigenvalue weighted by atomic mass is 10.1. The Balaban J connectivity index is 2.92. The van der Waals surface area contributed by atoms with Crippen molar-refractivity contribution >= 4 is 35.5 Å². The molecule has 1 rings (SSSR count). The summed E-state index contributed by atoms with van der Waals surface area (Å²) >= 11 is 0. The number of hydrogen-bond donors (Lipinski definition) is 6. The second-order valence-electron chi connectivity index (χ2n) is 13.6. The molecule has 0 unspecified atom stereocenters. The Kier molecular flexibility index (Phi) is 21.6. The van der Waals surface area contributed by atoms with Gasteiger partial charge in [0.25, 0.3) is 0 Å². The van der Waals surface area contributed by atoms with E-state index in [0.717, 1.165) is 0 Å². The minimum atomic E-state index is -1.35. The Morgan fingerprint density at radius 1 is 0.745 bits per heavy atom. The molecule has 1 aromatic rings. The molecule has 7 N–H and O–H groups in total. The third kappa shape index (κ3) is 23.3. The second-order valence-corrected chi connectivity index (χ2v) is 13.6. The number of carbonyl (C=O) groups excluding carboxylic acids is 5. The van der Waals surface area contributed by atoms with Crippen LogP contribution in [-0.2, 0) is 49.5 Å². The number of rotatable bonds is 24. The van der Waals surface area contributed by atoms with Crippen molar-refractivity contribution in [3.8, 4) is 0 Å². The van der Waals surface area contributed by atoms with Gasteiger partial charge in [0, 0.05) is 25.2 Å². The van der Waals surface area contributed by atoms with Crippen LogP contribution in [0.25, 0.3) is 0 Å². The summed E-state index contributed by atoms with van der Waals surface area (Å²) in [6, 6.07) is 3.98. The van der Waals surface area contributed by atoms with Gasteiger partial charge in [0.2, 0.25) is 17.7 Å². The zero-order valence-electron chi connectivity index (χ0n) is 31.0. The zero-order chi connectivity index (χ0) is 38.3. The standard InChI is InChI=1S/C35H59N5O11/c1-34(2,3)50-30(43)23-28(32(45)38-26-12-10-25(24-41)11-13-26)40-31(44)27(9-7-8-16-37-33(46)51-35(4,5)6)39-29(42)14-17-47-19-21-49-22-20-48-18-15-36/h10-13,27-28,41H,7-9,14-24,36H2,1-6H3,(H,37,46)(H,38,45)(H,39,42)(H,40,44)/t27-,28-/m0/s1. The van der Waals surface area contributed by atoms with E-state index >= 15 is 0 Å².